The summed E-state index contributed by atoms with van der Waals surface area (Å²) in [6.45, 7) is 0.462. The van der Waals surface area contributed by atoms with Crippen molar-refractivity contribution in [3.05, 3.63) is 40.2 Å². The van der Waals surface area contributed by atoms with Gasteiger partial charge in [0.2, 0.25) is 5.76 Å². The Kier molecular flexibility index (Phi) is 4.14. The minimum atomic E-state index is -1.14. The lowest BCUT2D eigenvalue weighted by Crippen LogP contribution is -2.34. The quantitative estimate of drug-likeness (QED) is 0.769. The first-order valence-corrected chi connectivity index (χ1v) is 6.30. The maximum absolute atomic E-state index is 11.4. The predicted molar refractivity (Wildman–Crippen MR) is 66.9 cm³/mol. The van der Waals surface area contributed by atoms with Crippen LogP contribution in [-0.2, 0) is 13.1 Å². The highest BCUT2D eigenvalue weighted by molar-refractivity contribution is 7.07. The highest BCUT2D eigenvalue weighted by Crippen LogP contribution is 2.07. The van der Waals surface area contributed by atoms with Crippen LogP contribution in [0.2, 0.25) is 0 Å². The average Bonchev–Trinajstić information content (AvgIpc) is 3.05. The second kappa shape index (κ2) is 6.01. The second-order valence-electron chi connectivity index (χ2n) is 3.59. The molecule has 2 rings (SSSR count). The van der Waals surface area contributed by atoms with Crippen LogP contribution in [0.15, 0.2) is 27.4 Å². The van der Waals surface area contributed by atoms with Gasteiger partial charge in [0.05, 0.1) is 24.3 Å². The van der Waals surface area contributed by atoms with E-state index in [0.29, 0.717) is 12.3 Å². The highest BCUT2D eigenvalue weighted by atomic mass is 32.1. The van der Waals surface area contributed by atoms with Gasteiger partial charge >= 0.3 is 12.0 Å². The molecule has 2 heterocycles. The van der Waals surface area contributed by atoms with Crippen LogP contribution in [-0.4, -0.2) is 22.1 Å². The number of urea groups is 1. The van der Waals surface area contributed by atoms with E-state index in [-0.39, 0.29) is 18.3 Å². The number of hydrogen-bond acceptors (Lipinski definition) is 5. The van der Waals surface area contributed by atoms with Gasteiger partial charge in [-0.25, -0.2) is 14.6 Å². The molecule has 0 atom stereocenters. The Hall–Kier alpha value is -2.35. The summed E-state index contributed by atoms with van der Waals surface area (Å²) in [5.41, 5.74) is 2.47. The third-order valence-electron chi connectivity index (χ3n) is 2.21. The monoisotopic (exact) mass is 281 g/mol. The van der Waals surface area contributed by atoms with Gasteiger partial charge in [-0.2, -0.15) is 0 Å². The number of nitrogens with zero attached hydrogens (tertiary/aromatic N) is 1. The van der Waals surface area contributed by atoms with Crippen LogP contribution in [0.4, 0.5) is 4.79 Å². The zero-order valence-electron chi connectivity index (χ0n) is 9.75. The van der Waals surface area contributed by atoms with E-state index in [0.717, 1.165) is 5.69 Å². The van der Waals surface area contributed by atoms with Crippen molar-refractivity contribution < 1.29 is 19.1 Å². The Morgan fingerprint density at radius 2 is 2.11 bits per heavy atom. The van der Waals surface area contributed by atoms with Crippen molar-refractivity contribution in [2.75, 3.05) is 0 Å². The maximum Gasteiger partial charge on any atom is 0.371 e. The molecule has 19 heavy (non-hydrogen) atoms. The number of carbonyl (C=O) groups excluding carboxylic acids is 1. The molecule has 0 aliphatic rings. The number of hydrogen-bond donors (Lipinski definition) is 3. The Bertz CT molecular complexity index is 564. The van der Waals surface area contributed by atoms with Crippen LogP contribution < -0.4 is 10.6 Å². The summed E-state index contributed by atoms with van der Waals surface area (Å²) in [7, 11) is 0. The maximum atomic E-state index is 11.4. The van der Waals surface area contributed by atoms with Crippen molar-refractivity contribution in [1.29, 1.82) is 0 Å². The third kappa shape index (κ3) is 3.81. The summed E-state index contributed by atoms with van der Waals surface area (Å²) in [5, 5.41) is 15.7. The number of carboxylic acid groups (broad SMARTS) is 1. The van der Waals surface area contributed by atoms with Gasteiger partial charge in [-0.1, -0.05) is 0 Å². The van der Waals surface area contributed by atoms with Crippen LogP contribution in [0.1, 0.15) is 22.0 Å². The van der Waals surface area contributed by atoms with Crippen LogP contribution in [0.5, 0.6) is 0 Å². The number of carboxylic acids is 1. The molecule has 8 heteroatoms. The Labute approximate surface area is 112 Å². The first-order chi connectivity index (χ1) is 9.15. The number of aromatic nitrogens is 1. The van der Waals surface area contributed by atoms with Gasteiger partial charge in [0.25, 0.3) is 0 Å². The molecule has 0 aliphatic heterocycles. The molecule has 2 aromatic rings. The van der Waals surface area contributed by atoms with Crippen LogP contribution in [0, 0.1) is 0 Å². The van der Waals surface area contributed by atoms with Gasteiger partial charge in [0.15, 0.2) is 0 Å². The van der Waals surface area contributed by atoms with Gasteiger partial charge in [0, 0.05) is 5.38 Å². The van der Waals surface area contributed by atoms with Gasteiger partial charge in [0.1, 0.15) is 5.76 Å². The Balaban J connectivity index is 1.75. The molecule has 0 aromatic carbocycles. The summed E-state index contributed by atoms with van der Waals surface area (Å²) in [6, 6.07) is 2.47. The number of rotatable bonds is 5. The van der Waals surface area contributed by atoms with E-state index < -0.39 is 5.97 Å². The number of furan rings is 1. The van der Waals surface area contributed by atoms with Crippen molar-refractivity contribution in [3.8, 4) is 0 Å². The fourth-order valence-corrected chi connectivity index (χ4v) is 1.87. The lowest BCUT2D eigenvalue weighted by molar-refractivity contribution is 0.0660. The zero-order valence-corrected chi connectivity index (χ0v) is 10.6. The van der Waals surface area contributed by atoms with E-state index in [4.69, 9.17) is 9.52 Å². The van der Waals surface area contributed by atoms with Crippen molar-refractivity contribution >= 4 is 23.3 Å². The summed E-state index contributed by atoms with van der Waals surface area (Å²) < 4.78 is 4.99. The highest BCUT2D eigenvalue weighted by Gasteiger charge is 2.09. The number of thiazole rings is 1. The molecular weight excluding hydrogens is 270 g/mol. The fourth-order valence-electron chi connectivity index (χ4n) is 1.31. The SMILES string of the molecule is O=C(NCc1cscn1)NCc1ccc(C(=O)O)o1. The van der Waals surface area contributed by atoms with Crippen molar-refractivity contribution in [2.24, 2.45) is 0 Å². The standard InChI is InChI=1S/C11H11N3O4S/c15-10(16)9-2-1-8(18-9)4-13-11(17)12-3-7-5-19-6-14-7/h1-2,5-6H,3-4H2,(H,15,16)(H2,12,13,17). The molecule has 0 bridgehead atoms. The molecular formula is C11H11N3O4S. The van der Waals surface area contributed by atoms with E-state index in [1.807, 2.05) is 5.38 Å². The van der Waals surface area contributed by atoms with Crippen LogP contribution >= 0.6 is 11.3 Å². The molecule has 0 radical (unpaired) electrons. The molecule has 0 unspecified atom stereocenters. The number of aromatic carboxylic acids is 1. The molecule has 0 saturated carbocycles. The van der Waals surface area contributed by atoms with Gasteiger partial charge in [-0.05, 0) is 12.1 Å². The fraction of sp³-hybridized carbons (Fsp3) is 0.182. The smallest absolute Gasteiger partial charge is 0.371 e. The van der Waals surface area contributed by atoms with E-state index in [1.165, 1.54) is 23.5 Å². The minimum absolute atomic E-state index is 0.121. The molecule has 0 spiro atoms. The number of nitrogens with one attached hydrogen (secondary N) is 2. The van der Waals surface area contributed by atoms with E-state index >= 15 is 0 Å². The molecule has 0 aliphatic carbocycles. The average molecular weight is 281 g/mol. The molecule has 2 aromatic heterocycles. The lowest BCUT2D eigenvalue weighted by atomic mass is 10.4. The van der Waals surface area contributed by atoms with Crippen LogP contribution in [0.25, 0.3) is 0 Å². The van der Waals surface area contributed by atoms with Gasteiger partial charge in [-0.15, -0.1) is 11.3 Å². The normalized spacial score (nSPS) is 10.1. The minimum Gasteiger partial charge on any atom is -0.475 e. The first-order valence-electron chi connectivity index (χ1n) is 5.36. The summed E-state index contributed by atoms with van der Waals surface area (Å²) in [4.78, 5) is 26.1. The zero-order chi connectivity index (χ0) is 13.7. The van der Waals surface area contributed by atoms with Crippen LogP contribution in [0.3, 0.4) is 0 Å². The largest absolute Gasteiger partial charge is 0.475 e. The van der Waals surface area contributed by atoms with E-state index in [9.17, 15) is 9.59 Å². The number of amides is 2. The van der Waals surface area contributed by atoms with E-state index in [1.54, 1.807) is 5.51 Å². The van der Waals surface area contributed by atoms with Crippen molar-refractivity contribution in [3.63, 3.8) is 0 Å². The summed E-state index contributed by atoms with van der Waals surface area (Å²) in [6.07, 6.45) is 0. The molecule has 3 N–H and O–H groups in total. The van der Waals surface area contributed by atoms with E-state index in [2.05, 4.69) is 15.6 Å². The Morgan fingerprint density at radius 3 is 2.74 bits per heavy atom. The summed E-state index contributed by atoms with van der Waals surface area (Å²) in [5.74, 6) is -0.917. The molecule has 100 valence electrons. The summed E-state index contributed by atoms with van der Waals surface area (Å²) >= 11 is 1.45. The lowest BCUT2D eigenvalue weighted by Gasteiger charge is -2.04. The van der Waals surface area contributed by atoms with Crippen molar-refractivity contribution in [1.82, 2.24) is 15.6 Å². The van der Waals surface area contributed by atoms with Crippen molar-refractivity contribution in [2.45, 2.75) is 13.1 Å². The topological polar surface area (TPSA) is 104 Å². The van der Waals surface area contributed by atoms with Gasteiger partial charge < -0.3 is 20.2 Å². The third-order valence-corrected chi connectivity index (χ3v) is 2.84. The van der Waals surface area contributed by atoms with Gasteiger partial charge in [-0.3, -0.25) is 0 Å². The first kappa shape index (κ1) is 13.1. The second-order valence-corrected chi connectivity index (χ2v) is 4.31. The predicted octanol–water partition coefficient (Wildman–Crippen LogP) is 1.43. The molecule has 7 nitrogen and oxygen atoms in total. The Morgan fingerprint density at radius 1 is 1.32 bits per heavy atom. The number of carbonyl (C=O) groups is 2. The molecule has 2 amide bonds. The molecule has 0 fully saturated rings. The molecule has 0 saturated heterocycles.